The monoisotopic (exact) mass is 549 g/mol. The molecule has 1 aromatic heterocycles. The van der Waals surface area contributed by atoms with Crippen molar-refractivity contribution in [3.05, 3.63) is 34.2 Å². The van der Waals surface area contributed by atoms with E-state index in [4.69, 9.17) is 11.6 Å². The first-order chi connectivity index (χ1) is 18.0. The Bertz CT molecular complexity index is 1360. The number of amides is 3. The van der Waals surface area contributed by atoms with Crippen molar-refractivity contribution in [3.63, 3.8) is 0 Å². The lowest BCUT2D eigenvalue weighted by Crippen LogP contribution is -2.52. The Morgan fingerprint density at radius 3 is 2.82 bits per heavy atom. The van der Waals surface area contributed by atoms with E-state index in [1.165, 1.54) is 17.0 Å². The maximum atomic E-state index is 14.6. The zero-order valence-electron chi connectivity index (χ0n) is 20.6. The summed E-state index contributed by atoms with van der Waals surface area (Å²) in [6.07, 6.45) is 0.387. The number of hydrogen-bond acceptors (Lipinski definition) is 4. The van der Waals surface area contributed by atoms with Crippen molar-refractivity contribution in [2.45, 2.75) is 57.0 Å². The van der Waals surface area contributed by atoms with Gasteiger partial charge in [0.2, 0.25) is 17.7 Å². The summed E-state index contributed by atoms with van der Waals surface area (Å²) < 4.78 is 43.2. The smallest absolute Gasteiger partial charge is 0.271 e. The topological polar surface area (TPSA) is 118 Å². The summed E-state index contributed by atoms with van der Waals surface area (Å²) in [4.78, 5) is 43.3. The van der Waals surface area contributed by atoms with Crippen molar-refractivity contribution in [3.8, 4) is 6.07 Å². The Kier molecular flexibility index (Phi) is 6.80. The second-order valence-corrected chi connectivity index (χ2v) is 11.0. The first-order valence-electron chi connectivity index (χ1n) is 12.6. The van der Waals surface area contributed by atoms with Crippen molar-refractivity contribution >= 4 is 40.2 Å². The Labute approximate surface area is 221 Å². The van der Waals surface area contributed by atoms with Crippen LogP contribution in [0.2, 0.25) is 5.02 Å². The number of hydrogen-bond donors (Lipinski definition) is 3. The quantitative estimate of drug-likeness (QED) is 0.527. The van der Waals surface area contributed by atoms with Crippen LogP contribution in [-0.2, 0) is 9.59 Å². The van der Waals surface area contributed by atoms with Crippen LogP contribution in [-0.4, -0.2) is 58.7 Å². The van der Waals surface area contributed by atoms with Crippen molar-refractivity contribution in [1.29, 1.82) is 5.26 Å². The third kappa shape index (κ3) is 4.70. The molecule has 0 bridgehead atoms. The highest BCUT2D eigenvalue weighted by molar-refractivity contribution is 6.36. The molecule has 1 saturated carbocycles. The molecule has 2 saturated heterocycles. The molecule has 0 spiro atoms. The number of likely N-dealkylation sites (tertiary alicyclic amines) is 1. The van der Waals surface area contributed by atoms with Gasteiger partial charge in [-0.25, -0.2) is 13.2 Å². The van der Waals surface area contributed by atoms with E-state index in [1.807, 2.05) is 6.07 Å². The van der Waals surface area contributed by atoms with Crippen LogP contribution in [0.3, 0.4) is 0 Å². The highest BCUT2D eigenvalue weighted by Crippen LogP contribution is 2.50. The van der Waals surface area contributed by atoms with E-state index < -0.39 is 66.2 Å². The number of fused-ring (bicyclic) bond motifs is 2. The summed E-state index contributed by atoms with van der Waals surface area (Å²) in [7, 11) is 0. The molecule has 12 heteroatoms. The molecule has 3 aliphatic rings. The van der Waals surface area contributed by atoms with Crippen LogP contribution in [0.5, 0.6) is 0 Å². The van der Waals surface area contributed by atoms with Gasteiger partial charge in [-0.3, -0.25) is 14.4 Å². The fourth-order valence-electron chi connectivity index (χ4n) is 6.20. The fraction of sp³-hybridized carbons (Fsp3) is 0.538. The zero-order valence-corrected chi connectivity index (χ0v) is 21.4. The fourth-order valence-corrected chi connectivity index (χ4v) is 6.41. The van der Waals surface area contributed by atoms with Gasteiger partial charge >= 0.3 is 0 Å². The van der Waals surface area contributed by atoms with E-state index in [9.17, 15) is 32.8 Å². The molecule has 3 N–H and O–H groups in total. The number of nitriles is 1. The Morgan fingerprint density at radius 2 is 2.11 bits per heavy atom. The lowest BCUT2D eigenvalue weighted by Gasteiger charge is -2.29. The van der Waals surface area contributed by atoms with Crippen LogP contribution in [0, 0.1) is 41.8 Å². The second-order valence-electron chi connectivity index (χ2n) is 10.6. The van der Waals surface area contributed by atoms with Gasteiger partial charge in [0.25, 0.3) is 5.91 Å². The summed E-state index contributed by atoms with van der Waals surface area (Å²) in [6.45, 7) is 2.10. The lowest BCUT2D eigenvalue weighted by molar-refractivity contribution is -0.129. The van der Waals surface area contributed by atoms with Crippen LogP contribution in [0.15, 0.2) is 12.1 Å². The van der Waals surface area contributed by atoms with Gasteiger partial charge in [-0.2, -0.15) is 5.26 Å². The molecular weight excluding hydrogens is 523 g/mol. The van der Waals surface area contributed by atoms with Gasteiger partial charge < -0.3 is 20.5 Å². The summed E-state index contributed by atoms with van der Waals surface area (Å²) in [5, 5.41) is 15.3. The van der Waals surface area contributed by atoms with Gasteiger partial charge in [0.1, 0.15) is 23.6 Å². The predicted molar refractivity (Wildman–Crippen MR) is 132 cm³/mol. The van der Waals surface area contributed by atoms with Gasteiger partial charge in [0, 0.05) is 37.2 Å². The molecule has 3 amide bonds. The number of benzene rings is 1. The lowest BCUT2D eigenvalue weighted by atomic mass is 9.90. The Morgan fingerprint density at radius 1 is 1.34 bits per heavy atom. The Hall–Kier alpha value is -3.26. The highest BCUT2D eigenvalue weighted by atomic mass is 35.5. The van der Waals surface area contributed by atoms with E-state index in [0.29, 0.717) is 18.5 Å². The molecule has 38 heavy (non-hydrogen) atoms. The highest BCUT2D eigenvalue weighted by Gasteiger charge is 2.58. The molecule has 3 heterocycles. The minimum atomic E-state index is -2.97. The molecule has 1 aromatic carbocycles. The number of aryl methyl sites for hydroxylation is 1. The first kappa shape index (κ1) is 26.4. The number of H-pyrrole nitrogens is 1. The molecule has 1 aliphatic carbocycles. The molecule has 5 atom stereocenters. The first-order valence-corrected chi connectivity index (χ1v) is 13.0. The number of halogens is 4. The van der Waals surface area contributed by atoms with Crippen molar-refractivity contribution in [2.24, 2.45) is 17.8 Å². The van der Waals surface area contributed by atoms with Crippen LogP contribution >= 0.6 is 11.6 Å². The van der Waals surface area contributed by atoms with E-state index >= 15 is 0 Å². The second kappa shape index (κ2) is 9.80. The third-order valence-corrected chi connectivity index (χ3v) is 8.50. The molecule has 0 radical (unpaired) electrons. The summed E-state index contributed by atoms with van der Waals surface area (Å²) in [5.74, 6) is -6.97. The van der Waals surface area contributed by atoms with E-state index in [1.54, 1.807) is 6.92 Å². The van der Waals surface area contributed by atoms with Crippen molar-refractivity contribution < 1.29 is 27.6 Å². The van der Waals surface area contributed by atoms with E-state index in [-0.39, 0.29) is 40.5 Å². The predicted octanol–water partition coefficient (Wildman–Crippen LogP) is 3.68. The Balaban J connectivity index is 1.41. The molecule has 8 nitrogen and oxygen atoms in total. The number of piperidine rings is 1. The number of aromatic nitrogens is 1. The minimum absolute atomic E-state index is 0.0216. The third-order valence-electron chi connectivity index (χ3n) is 8.01. The summed E-state index contributed by atoms with van der Waals surface area (Å²) >= 11 is 6.30. The molecule has 0 unspecified atom stereocenters. The van der Waals surface area contributed by atoms with Crippen molar-refractivity contribution in [1.82, 2.24) is 20.5 Å². The number of nitrogens with one attached hydrogen (secondary N) is 3. The molecule has 202 valence electrons. The number of carbonyl (C=O) groups excluding carboxylic acids is 3. The largest absolute Gasteiger partial charge is 0.356 e. The number of alkyl halides is 2. The maximum absolute atomic E-state index is 14.6. The molecule has 3 fully saturated rings. The van der Waals surface area contributed by atoms with Gasteiger partial charge in [0.05, 0.1) is 16.6 Å². The van der Waals surface area contributed by atoms with Crippen LogP contribution in [0.25, 0.3) is 10.9 Å². The average Bonchev–Trinajstić information content (AvgIpc) is 3.53. The number of carbonyl (C=O) groups is 3. The van der Waals surface area contributed by atoms with Crippen LogP contribution < -0.4 is 10.6 Å². The maximum Gasteiger partial charge on any atom is 0.271 e. The van der Waals surface area contributed by atoms with Gasteiger partial charge in [0.15, 0.2) is 0 Å². The standard InChI is InChI=1S/C26H27ClF3N5O3/c1-12-5-18(28)16-7-19(34-21(16)20(12)27)25(38)35-11-14-8-26(29,30)9-17(14)22(35)24(37)33-15(10-31)6-13-3-2-4-32-23(13)36/h5,7,13-15,17,22,34H,2-4,6,8-9,11H2,1H3,(H,32,36)(H,33,37)/t13-,14+,15-,17+,22+/m0/s1. The zero-order chi connectivity index (χ0) is 27.4. The number of aromatic amines is 1. The number of rotatable bonds is 5. The number of nitrogens with zero attached hydrogens (tertiary/aromatic N) is 2. The van der Waals surface area contributed by atoms with Crippen LogP contribution in [0.1, 0.15) is 48.2 Å². The normalized spacial score (nSPS) is 27.1. The average molecular weight is 550 g/mol. The van der Waals surface area contributed by atoms with E-state index in [0.717, 1.165) is 6.42 Å². The van der Waals surface area contributed by atoms with Crippen LogP contribution in [0.4, 0.5) is 13.2 Å². The summed E-state index contributed by atoms with van der Waals surface area (Å²) in [6, 6.07) is 2.26. The molecular formula is C26H27ClF3N5O3. The van der Waals surface area contributed by atoms with Crippen molar-refractivity contribution in [2.75, 3.05) is 13.1 Å². The van der Waals surface area contributed by atoms with Gasteiger partial charge in [-0.05, 0) is 55.7 Å². The van der Waals surface area contributed by atoms with Gasteiger partial charge in [-0.15, -0.1) is 0 Å². The molecule has 2 aromatic rings. The minimum Gasteiger partial charge on any atom is -0.356 e. The van der Waals surface area contributed by atoms with E-state index in [2.05, 4.69) is 15.6 Å². The van der Waals surface area contributed by atoms with Gasteiger partial charge in [-0.1, -0.05) is 11.6 Å². The summed E-state index contributed by atoms with van der Waals surface area (Å²) in [5.41, 5.74) is 0.684. The SMILES string of the molecule is Cc1cc(F)c2cc(C(=O)N3C[C@H]4CC(F)(F)C[C@H]4[C@@H]3C(=O)N[C@H](C#N)C[C@@H]3CCCNC3=O)[nH]c2c1Cl. The molecule has 5 rings (SSSR count). The molecule has 2 aliphatic heterocycles.